The molecule has 0 bridgehead atoms. The number of aldehydes is 1. The zero-order chi connectivity index (χ0) is 27.7. The van der Waals surface area contributed by atoms with Gasteiger partial charge in [-0.2, -0.15) is 0 Å². The summed E-state index contributed by atoms with van der Waals surface area (Å²) in [5.74, 6) is -4.78. The van der Waals surface area contributed by atoms with Crippen molar-refractivity contribution in [1.82, 2.24) is 0 Å². The summed E-state index contributed by atoms with van der Waals surface area (Å²) in [6.07, 6.45) is 2.70. The number of hydrogen-bond donors (Lipinski definition) is 0. The molecule has 1 fully saturated rings. The van der Waals surface area contributed by atoms with E-state index in [-0.39, 0.29) is 11.7 Å². The van der Waals surface area contributed by atoms with Crippen molar-refractivity contribution in [1.29, 1.82) is 0 Å². The third kappa shape index (κ3) is 3.64. The third-order valence-corrected chi connectivity index (χ3v) is 10.2. The lowest BCUT2D eigenvalue weighted by molar-refractivity contribution is -0.162. The van der Waals surface area contributed by atoms with Crippen molar-refractivity contribution in [3.05, 3.63) is 86.3 Å². The molecule has 1 aliphatic heterocycles. The van der Waals surface area contributed by atoms with Gasteiger partial charge in [-0.3, -0.25) is 19.2 Å². The summed E-state index contributed by atoms with van der Waals surface area (Å²) in [4.78, 5) is 59.2. The van der Waals surface area contributed by atoms with E-state index < -0.39 is 46.6 Å². The lowest BCUT2D eigenvalue weighted by atomic mass is 9.54. The number of thiophene rings is 2. The summed E-state index contributed by atoms with van der Waals surface area (Å²) in [7, 11) is 1.72. The van der Waals surface area contributed by atoms with Crippen LogP contribution in [0.4, 0.5) is 5.69 Å². The van der Waals surface area contributed by atoms with Gasteiger partial charge in [0.05, 0.1) is 5.41 Å². The molecule has 1 aromatic carbocycles. The average molecular weight is 560 g/mol. The van der Waals surface area contributed by atoms with E-state index in [1.807, 2.05) is 65.4 Å². The summed E-state index contributed by atoms with van der Waals surface area (Å²) in [5, 5.41) is 3.83. The van der Waals surface area contributed by atoms with Crippen molar-refractivity contribution in [3.8, 4) is 0 Å². The second-order valence-electron chi connectivity index (χ2n) is 11.5. The molecule has 0 unspecified atom stereocenters. The van der Waals surface area contributed by atoms with Crippen LogP contribution in [0.1, 0.15) is 47.9 Å². The fourth-order valence-electron chi connectivity index (χ4n) is 7.09. The highest BCUT2D eigenvalue weighted by Gasteiger charge is 2.71. The van der Waals surface area contributed by atoms with Crippen molar-refractivity contribution in [2.24, 2.45) is 17.8 Å². The van der Waals surface area contributed by atoms with Gasteiger partial charge >= 0.3 is 5.97 Å². The maximum Gasteiger partial charge on any atom is 0.317 e. The molecule has 39 heavy (non-hydrogen) atoms. The van der Waals surface area contributed by atoms with Crippen LogP contribution < -0.4 is 4.90 Å². The standard InChI is InChI=1S/C31H29NO5S2/c1-30(2,3)37-28(35)24-23(21-11-7-13-38-21)18-15-17(16-33)25(22-12-8-14-39-22)31(26(18)27(24)34)19-9-5-6-10-20(19)32(4)29(31)36/h5-16,18,23-26H,1-4H3/t18-,23+,24+,25+,26+,31-/m1/s1. The number of allylic oxidation sites excluding steroid dienone is 2. The topological polar surface area (TPSA) is 80.8 Å². The first kappa shape index (κ1) is 25.9. The van der Waals surface area contributed by atoms with Crippen molar-refractivity contribution >= 4 is 52.3 Å². The van der Waals surface area contributed by atoms with Crippen LogP contribution in [0.25, 0.3) is 0 Å². The van der Waals surface area contributed by atoms with E-state index in [1.165, 1.54) is 22.7 Å². The number of para-hydroxylation sites is 1. The molecule has 200 valence electrons. The number of carbonyl (C=O) groups excluding carboxylic acids is 4. The Morgan fingerprint density at radius 1 is 1.00 bits per heavy atom. The van der Waals surface area contributed by atoms with E-state index in [0.717, 1.165) is 27.3 Å². The number of amides is 1. The molecule has 2 aromatic heterocycles. The number of fused-ring (bicyclic) bond motifs is 4. The third-order valence-electron chi connectivity index (χ3n) is 8.30. The molecule has 2 aliphatic carbocycles. The van der Waals surface area contributed by atoms with Gasteiger partial charge in [0, 0.05) is 40.2 Å². The maximum atomic E-state index is 14.7. The molecule has 0 radical (unpaired) electrons. The molecular weight excluding hydrogens is 530 g/mol. The van der Waals surface area contributed by atoms with E-state index in [4.69, 9.17) is 4.74 Å². The molecule has 6 atom stereocenters. The second kappa shape index (κ2) is 9.10. The number of rotatable bonds is 4. The smallest absolute Gasteiger partial charge is 0.317 e. The number of ketones is 1. The number of anilines is 1. The zero-order valence-electron chi connectivity index (χ0n) is 22.1. The minimum absolute atomic E-state index is 0.229. The van der Waals surface area contributed by atoms with Crippen LogP contribution in [-0.2, 0) is 29.3 Å². The van der Waals surface area contributed by atoms with Crippen LogP contribution in [0.2, 0.25) is 0 Å². The Hall–Kier alpha value is -3.36. The van der Waals surface area contributed by atoms with Gasteiger partial charge in [-0.05, 0) is 66.8 Å². The molecule has 1 saturated carbocycles. The Morgan fingerprint density at radius 3 is 2.28 bits per heavy atom. The molecule has 6 nitrogen and oxygen atoms in total. The summed E-state index contributed by atoms with van der Waals surface area (Å²) >= 11 is 2.94. The van der Waals surface area contributed by atoms with Gasteiger partial charge in [-0.25, -0.2) is 0 Å². The van der Waals surface area contributed by atoms with Crippen LogP contribution in [0.5, 0.6) is 0 Å². The Kier molecular flexibility index (Phi) is 6.04. The fraction of sp³-hybridized carbons (Fsp3) is 0.355. The molecular formula is C31H29NO5S2. The largest absolute Gasteiger partial charge is 0.459 e. The number of esters is 1. The fourth-order valence-corrected chi connectivity index (χ4v) is 8.94. The van der Waals surface area contributed by atoms with Gasteiger partial charge in [-0.15, -0.1) is 22.7 Å². The normalized spacial score (nSPS) is 29.8. The van der Waals surface area contributed by atoms with Gasteiger partial charge in [0.15, 0.2) is 5.78 Å². The van der Waals surface area contributed by atoms with Crippen molar-refractivity contribution in [2.45, 2.75) is 43.6 Å². The van der Waals surface area contributed by atoms with Crippen LogP contribution in [0.15, 0.2) is 70.9 Å². The van der Waals surface area contributed by atoms with Gasteiger partial charge < -0.3 is 9.64 Å². The molecule has 3 aromatic rings. The maximum absolute atomic E-state index is 14.7. The van der Waals surface area contributed by atoms with Gasteiger partial charge in [0.25, 0.3) is 0 Å². The van der Waals surface area contributed by atoms with Gasteiger partial charge in [0.2, 0.25) is 5.91 Å². The number of likely N-dealkylation sites (N-methyl/N-ethyl adjacent to an activating group) is 1. The van der Waals surface area contributed by atoms with Crippen LogP contribution in [-0.4, -0.2) is 36.6 Å². The SMILES string of the molecule is CN1C(=O)[C@@]2(c3ccccc31)[C@@H]1C(=O)[C@@H](C(=O)OC(C)(C)C)[C@H](c3cccs3)[C@H]1C=C(C=O)[C@H]2c1cccs1. The van der Waals surface area contributed by atoms with Gasteiger partial charge in [0.1, 0.15) is 17.8 Å². The minimum Gasteiger partial charge on any atom is -0.459 e. The molecule has 6 rings (SSSR count). The first-order valence-electron chi connectivity index (χ1n) is 13.0. The second-order valence-corrected chi connectivity index (χ2v) is 13.5. The van der Waals surface area contributed by atoms with Crippen LogP contribution >= 0.6 is 22.7 Å². The molecule has 0 N–H and O–H groups in total. The quantitative estimate of drug-likeness (QED) is 0.240. The van der Waals surface area contributed by atoms with E-state index >= 15 is 0 Å². The number of hydrogen-bond acceptors (Lipinski definition) is 7. The predicted molar refractivity (Wildman–Crippen MR) is 151 cm³/mol. The monoisotopic (exact) mass is 559 g/mol. The highest BCUT2D eigenvalue weighted by molar-refractivity contribution is 7.10. The van der Waals surface area contributed by atoms with Gasteiger partial charge in [-0.1, -0.05) is 36.4 Å². The van der Waals surface area contributed by atoms with Crippen molar-refractivity contribution in [2.75, 3.05) is 11.9 Å². The lowest BCUT2D eigenvalue weighted by Gasteiger charge is -2.46. The van der Waals surface area contributed by atoms with E-state index in [0.29, 0.717) is 5.57 Å². The summed E-state index contributed by atoms with van der Waals surface area (Å²) in [6.45, 7) is 5.34. The summed E-state index contributed by atoms with van der Waals surface area (Å²) in [6, 6.07) is 15.1. The zero-order valence-corrected chi connectivity index (χ0v) is 23.8. The number of nitrogens with zero attached hydrogens (tertiary/aromatic N) is 1. The first-order chi connectivity index (χ1) is 18.6. The number of ether oxygens (including phenoxy) is 1. The van der Waals surface area contributed by atoms with E-state index in [2.05, 4.69) is 0 Å². The lowest BCUT2D eigenvalue weighted by Crippen LogP contribution is -2.55. The Morgan fingerprint density at radius 2 is 1.67 bits per heavy atom. The summed E-state index contributed by atoms with van der Waals surface area (Å²) in [5.41, 5.74) is -0.244. The Balaban J connectivity index is 1.66. The molecule has 3 aliphatic rings. The average Bonchev–Trinajstić information content (AvgIpc) is 3.69. The summed E-state index contributed by atoms with van der Waals surface area (Å²) < 4.78 is 5.81. The van der Waals surface area contributed by atoms with Crippen LogP contribution in [0, 0.1) is 17.8 Å². The highest BCUT2D eigenvalue weighted by atomic mass is 32.1. The van der Waals surface area contributed by atoms with E-state index in [9.17, 15) is 19.2 Å². The Bertz CT molecular complexity index is 1500. The molecule has 1 spiro atoms. The van der Waals surface area contributed by atoms with Crippen molar-refractivity contribution in [3.63, 3.8) is 0 Å². The number of benzene rings is 1. The molecule has 8 heteroatoms. The molecule has 1 amide bonds. The predicted octanol–water partition coefficient (Wildman–Crippen LogP) is 5.50. The molecule has 0 saturated heterocycles. The number of Topliss-reactive ketones (excluding diaryl/α,β-unsaturated/α-hetero) is 1. The van der Waals surface area contributed by atoms with E-state index in [1.54, 1.807) is 32.7 Å². The van der Waals surface area contributed by atoms with Crippen LogP contribution in [0.3, 0.4) is 0 Å². The first-order valence-corrected chi connectivity index (χ1v) is 14.7. The number of carbonyl (C=O) groups is 4. The molecule has 3 heterocycles. The highest BCUT2D eigenvalue weighted by Crippen LogP contribution is 2.66. The van der Waals surface area contributed by atoms with Crippen molar-refractivity contribution < 1.29 is 23.9 Å². The minimum atomic E-state index is -1.37. The Labute approximate surface area is 235 Å².